The first-order valence-corrected chi connectivity index (χ1v) is 7.88. The molecular weight excluding hydrogens is 311 g/mol. The number of piperidine rings is 1. The van der Waals surface area contributed by atoms with Crippen molar-refractivity contribution < 1.29 is 22.4 Å². The Hall–Kier alpha value is -1.57. The molecule has 5 nitrogen and oxygen atoms in total. The van der Waals surface area contributed by atoms with Crippen LogP contribution in [0, 0.1) is 0 Å². The van der Waals surface area contributed by atoms with E-state index in [0.717, 1.165) is 19.3 Å². The van der Waals surface area contributed by atoms with Gasteiger partial charge < -0.3 is 9.73 Å². The number of nitrogens with one attached hydrogen (secondary N) is 1. The van der Waals surface area contributed by atoms with E-state index >= 15 is 0 Å². The number of likely N-dealkylation sites (N-methyl/N-ethyl adjacent to an activating group) is 1. The summed E-state index contributed by atoms with van der Waals surface area (Å²) in [6.45, 7) is 0.170. The molecule has 2 atom stereocenters. The second-order valence-electron chi connectivity index (χ2n) is 6.44. The van der Waals surface area contributed by atoms with Gasteiger partial charge >= 0.3 is 6.18 Å². The normalized spacial score (nSPS) is 26.8. The van der Waals surface area contributed by atoms with Crippen molar-refractivity contribution in [1.82, 2.24) is 15.2 Å². The fraction of sp³-hybridized carbons (Fsp3) is 0.733. The molecule has 1 aliphatic heterocycles. The molecule has 0 spiro atoms. The Morgan fingerprint density at radius 2 is 2.09 bits per heavy atom. The number of hydrogen-bond acceptors (Lipinski definition) is 4. The number of likely N-dealkylation sites (tertiary alicyclic amines) is 1. The lowest BCUT2D eigenvalue weighted by Gasteiger charge is -2.38. The number of nitrogens with zero attached hydrogens (tertiary/aromatic N) is 2. The number of alkyl halides is 3. The molecule has 23 heavy (non-hydrogen) atoms. The minimum Gasteiger partial charge on any atom is -0.448 e. The molecule has 8 heteroatoms. The average molecular weight is 331 g/mol. The van der Waals surface area contributed by atoms with E-state index in [2.05, 4.69) is 10.3 Å². The Balaban J connectivity index is 1.55. The Labute approximate surface area is 132 Å². The highest BCUT2D eigenvalue weighted by Crippen LogP contribution is 2.35. The summed E-state index contributed by atoms with van der Waals surface area (Å²) in [6, 6.07) is -1.75. The summed E-state index contributed by atoms with van der Waals surface area (Å²) in [7, 11) is 1.43. The highest BCUT2D eigenvalue weighted by Gasteiger charge is 2.45. The molecule has 128 valence electrons. The summed E-state index contributed by atoms with van der Waals surface area (Å²) < 4.78 is 43.8. The quantitative estimate of drug-likeness (QED) is 0.925. The van der Waals surface area contributed by atoms with Crippen LogP contribution >= 0.6 is 0 Å². The van der Waals surface area contributed by atoms with Crippen molar-refractivity contribution in [2.24, 2.45) is 0 Å². The average Bonchev–Trinajstić information content (AvgIpc) is 2.84. The number of carbonyl (C=O) groups is 1. The number of oxazole rings is 1. The number of aromatic nitrogens is 1. The highest BCUT2D eigenvalue weighted by molar-refractivity contribution is 5.92. The van der Waals surface area contributed by atoms with E-state index in [1.807, 2.05) is 0 Å². The molecule has 1 aromatic rings. The van der Waals surface area contributed by atoms with Gasteiger partial charge in [0.15, 0.2) is 11.6 Å². The van der Waals surface area contributed by atoms with E-state index in [9.17, 15) is 18.0 Å². The van der Waals surface area contributed by atoms with Crippen molar-refractivity contribution >= 4 is 5.91 Å². The molecule has 0 aromatic carbocycles. The minimum atomic E-state index is -4.23. The summed E-state index contributed by atoms with van der Waals surface area (Å²) in [5.41, 5.74) is 0.201. The van der Waals surface area contributed by atoms with Crippen LogP contribution in [0.15, 0.2) is 10.7 Å². The van der Waals surface area contributed by atoms with Gasteiger partial charge in [0.1, 0.15) is 12.3 Å². The van der Waals surface area contributed by atoms with Gasteiger partial charge in [-0.1, -0.05) is 6.42 Å². The van der Waals surface area contributed by atoms with Gasteiger partial charge in [0, 0.05) is 18.5 Å². The largest absolute Gasteiger partial charge is 0.448 e. The molecule has 1 amide bonds. The number of hydrogen-bond donors (Lipinski definition) is 1. The SMILES string of the molecule is CN1CC(NC(=O)c2coc(C3CCC3)n2)CCC1C(F)(F)F. The summed E-state index contributed by atoms with van der Waals surface area (Å²) in [5.74, 6) is 0.493. The maximum absolute atomic E-state index is 12.8. The van der Waals surface area contributed by atoms with Gasteiger partial charge in [-0.25, -0.2) is 4.98 Å². The van der Waals surface area contributed by atoms with E-state index in [4.69, 9.17) is 4.42 Å². The zero-order valence-electron chi connectivity index (χ0n) is 12.9. The second-order valence-corrected chi connectivity index (χ2v) is 6.44. The van der Waals surface area contributed by atoms with Crippen molar-refractivity contribution in [1.29, 1.82) is 0 Å². The molecular formula is C15H20F3N3O2. The van der Waals surface area contributed by atoms with Crippen LogP contribution in [0.4, 0.5) is 13.2 Å². The molecule has 0 radical (unpaired) electrons. The monoisotopic (exact) mass is 331 g/mol. The van der Waals surface area contributed by atoms with Crippen LogP contribution in [0.25, 0.3) is 0 Å². The predicted molar refractivity (Wildman–Crippen MR) is 76.1 cm³/mol. The first-order chi connectivity index (χ1) is 10.8. The van der Waals surface area contributed by atoms with Gasteiger partial charge in [-0.05, 0) is 32.7 Å². The maximum Gasteiger partial charge on any atom is 0.404 e. The van der Waals surface area contributed by atoms with Gasteiger partial charge in [0.2, 0.25) is 0 Å². The third-order valence-corrected chi connectivity index (χ3v) is 4.75. The molecule has 2 fully saturated rings. The molecule has 1 aliphatic carbocycles. The second kappa shape index (κ2) is 6.14. The zero-order valence-corrected chi connectivity index (χ0v) is 12.9. The Morgan fingerprint density at radius 1 is 1.35 bits per heavy atom. The number of carbonyl (C=O) groups excluding carboxylic acids is 1. The minimum absolute atomic E-state index is 0.0168. The van der Waals surface area contributed by atoms with E-state index in [0.29, 0.717) is 18.2 Å². The molecule has 0 bridgehead atoms. The maximum atomic E-state index is 12.8. The van der Waals surface area contributed by atoms with Gasteiger partial charge in [-0.15, -0.1) is 0 Å². The smallest absolute Gasteiger partial charge is 0.404 e. The van der Waals surface area contributed by atoms with Crippen molar-refractivity contribution in [2.75, 3.05) is 13.6 Å². The Morgan fingerprint density at radius 3 is 2.65 bits per heavy atom. The van der Waals surface area contributed by atoms with Crippen LogP contribution in [0.3, 0.4) is 0 Å². The van der Waals surface area contributed by atoms with Gasteiger partial charge in [-0.2, -0.15) is 13.2 Å². The third-order valence-electron chi connectivity index (χ3n) is 4.75. The summed E-state index contributed by atoms with van der Waals surface area (Å²) in [4.78, 5) is 17.6. The Kier molecular flexibility index (Phi) is 4.35. The Bertz CT molecular complexity index is 569. The van der Waals surface area contributed by atoms with Crippen molar-refractivity contribution in [3.8, 4) is 0 Å². The molecule has 1 saturated heterocycles. The number of amides is 1. The first-order valence-electron chi connectivity index (χ1n) is 7.88. The third kappa shape index (κ3) is 3.52. The van der Waals surface area contributed by atoms with Gasteiger partial charge in [0.25, 0.3) is 5.91 Å². The van der Waals surface area contributed by atoms with E-state index in [1.165, 1.54) is 18.2 Å². The van der Waals surface area contributed by atoms with Crippen LogP contribution in [-0.2, 0) is 0 Å². The molecule has 1 aromatic heterocycles. The fourth-order valence-corrected chi connectivity index (χ4v) is 3.17. The lowest BCUT2D eigenvalue weighted by molar-refractivity contribution is -0.188. The van der Waals surface area contributed by atoms with Crippen molar-refractivity contribution in [3.05, 3.63) is 17.8 Å². The van der Waals surface area contributed by atoms with Gasteiger partial charge in [-0.3, -0.25) is 9.69 Å². The predicted octanol–water partition coefficient (Wildman–Crippen LogP) is 2.70. The highest BCUT2D eigenvalue weighted by atomic mass is 19.4. The molecule has 2 aliphatic rings. The van der Waals surface area contributed by atoms with Crippen LogP contribution < -0.4 is 5.32 Å². The summed E-state index contributed by atoms with van der Waals surface area (Å²) in [6.07, 6.45) is 0.567. The van der Waals surface area contributed by atoms with Crippen LogP contribution in [-0.4, -0.2) is 47.6 Å². The number of rotatable bonds is 3. The zero-order chi connectivity index (χ0) is 16.6. The standard InChI is InChI=1S/C15H20F3N3O2/c1-21-7-10(5-6-12(21)15(16,17)18)19-13(22)11-8-23-14(20-11)9-3-2-4-9/h8-10,12H,2-7H2,1H3,(H,19,22). The van der Waals surface area contributed by atoms with E-state index in [1.54, 1.807) is 0 Å². The topological polar surface area (TPSA) is 58.4 Å². The van der Waals surface area contributed by atoms with Crippen molar-refractivity contribution in [2.45, 2.75) is 56.3 Å². The molecule has 3 rings (SSSR count). The lowest BCUT2D eigenvalue weighted by Crippen LogP contribution is -2.54. The van der Waals surface area contributed by atoms with Gasteiger partial charge in [0.05, 0.1) is 0 Å². The van der Waals surface area contributed by atoms with E-state index < -0.39 is 12.2 Å². The first kappa shape index (κ1) is 16.3. The van der Waals surface area contributed by atoms with Crippen LogP contribution in [0.2, 0.25) is 0 Å². The van der Waals surface area contributed by atoms with Crippen LogP contribution in [0.5, 0.6) is 0 Å². The van der Waals surface area contributed by atoms with Crippen LogP contribution in [0.1, 0.15) is 54.4 Å². The molecule has 1 N–H and O–H groups in total. The number of halogens is 3. The summed E-state index contributed by atoms with van der Waals surface area (Å²) in [5, 5.41) is 2.76. The fourth-order valence-electron chi connectivity index (χ4n) is 3.17. The molecule has 1 saturated carbocycles. The summed E-state index contributed by atoms with van der Waals surface area (Å²) >= 11 is 0. The lowest BCUT2D eigenvalue weighted by atomic mass is 9.85. The molecule has 2 unspecified atom stereocenters. The van der Waals surface area contributed by atoms with Crippen molar-refractivity contribution in [3.63, 3.8) is 0 Å². The molecule has 2 heterocycles. The van der Waals surface area contributed by atoms with E-state index in [-0.39, 0.29) is 30.6 Å².